The largest absolute Gasteiger partial charge is 0.462 e. The maximum Gasteiger partial charge on any atom is 0.339 e. The number of unbranched alkanes of at least 4 members (excludes halogenated alkanes) is 30. The SMILES string of the molecule is CCCCCCOCC(=O)Nc1cc(C#Cc2cc(C(=O)OCCCCCC)c(C#Cc3cc(NC(=O)COCCCCCC)c(C#Cc4cc(C(=O)OCCCCCC)ccc4C(=O)OCCCCCC)cc3NC(=O)COCCCCCC)cc2C(=O)OCCCCCC)c(NC(=O)COCCCCCC)cc1C#Cc1cc(C(=O)OCCCCCC)ccc1C(=O)OCCCCCC. The van der Waals surface area contributed by atoms with Crippen LogP contribution in [0.15, 0.2) is 72.8 Å². The first-order chi connectivity index (χ1) is 66.3. The molecule has 4 amide bonds. The topological polar surface area (TPSA) is 311 Å². The summed E-state index contributed by atoms with van der Waals surface area (Å²) in [5.74, 6) is 18.6. The highest BCUT2D eigenvalue weighted by Crippen LogP contribution is 2.31. The predicted octanol–water partition coefficient (Wildman–Crippen LogP) is 23.9. The minimum absolute atomic E-state index is 0.00476. The second-order valence-corrected chi connectivity index (χ2v) is 34.2. The van der Waals surface area contributed by atoms with Gasteiger partial charge in [0, 0.05) is 48.7 Å². The minimum Gasteiger partial charge on any atom is -0.462 e. The van der Waals surface area contributed by atoms with Crippen molar-refractivity contribution in [3.05, 3.63) is 151 Å². The van der Waals surface area contributed by atoms with Gasteiger partial charge < -0.3 is 68.6 Å². The van der Waals surface area contributed by atoms with E-state index in [0.29, 0.717) is 90.6 Å². The average Bonchev–Trinajstić information content (AvgIpc) is 0.791. The van der Waals surface area contributed by atoms with Crippen molar-refractivity contribution < 1.29 is 95.3 Å². The number of benzene rings is 5. The van der Waals surface area contributed by atoms with E-state index in [1.807, 2.05) is 0 Å². The second-order valence-electron chi connectivity index (χ2n) is 34.2. The molecule has 5 aromatic rings. The molecule has 0 aliphatic heterocycles. The molecule has 0 heterocycles. The lowest BCUT2D eigenvalue weighted by Crippen LogP contribution is -2.21. The molecule has 742 valence electrons. The molecule has 0 fully saturated rings. The fraction of sp³-hybridized carbons (Fsp3) is 0.571. The van der Waals surface area contributed by atoms with Crippen LogP contribution in [0.2, 0.25) is 0 Å². The quantitative estimate of drug-likeness (QED) is 0.0122. The lowest BCUT2D eigenvalue weighted by atomic mass is 9.97. The van der Waals surface area contributed by atoms with Crippen LogP contribution in [0.3, 0.4) is 0 Å². The predicted molar refractivity (Wildman–Crippen MR) is 537 cm³/mol. The number of nitrogens with one attached hydrogen (secondary N) is 4. The first-order valence-electron chi connectivity index (χ1n) is 50.7. The summed E-state index contributed by atoms with van der Waals surface area (Å²) in [4.78, 5) is 144. The molecule has 136 heavy (non-hydrogen) atoms. The highest BCUT2D eigenvalue weighted by molar-refractivity contribution is 6.02. The Bertz CT molecular complexity index is 4490. The number of amides is 4. The molecule has 0 aliphatic rings. The maximum atomic E-state index is 15.2. The van der Waals surface area contributed by atoms with Crippen molar-refractivity contribution in [2.75, 3.05) is 114 Å². The van der Waals surface area contributed by atoms with E-state index in [2.05, 4.69) is 138 Å². The lowest BCUT2D eigenvalue weighted by molar-refractivity contribution is -0.121. The van der Waals surface area contributed by atoms with Crippen LogP contribution < -0.4 is 21.3 Å². The van der Waals surface area contributed by atoms with Crippen LogP contribution in [0, 0.1) is 47.4 Å². The molecule has 0 spiro atoms. The molecule has 0 unspecified atom stereocenters. The number of hydrogen-bond donors (Lipinski definition) is 4. The molecule has 24 nitrogen and oxygen atoms in total. The van der Waals surface area contributed by atoms with E-state index in [4.69, 9.17) is 47.4 Å². The van der Waals surface area contributed by atoms with Crippen LogP contribution in [-0.2, 0) is 66.5 Å². The van der Waals surface area contributed by atoms with Crippen molar-refractivity contribution in [1.29, 1.82) is 0 Å². The summed E-state index contributed by atoms with van der Waals surface area (Å²) in [6.45, 7) is 21.2. The average molecular weight is 1880 g/mol. The number of ether oxygens (including phenoxy) is 10. The Morgan fingerprint density at radius 3 is 0.596 bits per heavy atom. The number of anilines is 4. The van der Waals surface area contributed by atoms with Crippen LogP contribution in [0.1, 0.15) is 433 Å². The number of hydrogen-bond acceptors (Lipinski definition) is 20. The van der Waals surface area contributed by atoms with Gasteiger partial charge >= 0.3 is 35.8 Å². The van der Waals surface area contributed by atoms with Gasteiger partial charge in [0.15, 0.2) is 0 Å². The van der Waals surface area contributed by atoms with Crippen LogP contribution in [0.5, 0.6) is 0 Å². The van der Waals surface area contributed by atoms with E-state index < -0.39 is 59.4 Å². The van der Waals surface area contributed by atoms with Gasteiger partial charge in [-0.2, -0.15) is 0 Å². The molecule has 0 atom stereocenters. The zero-order chi connectivity index (χ0) is 98.4. The summed E-state index contributed by atoms with van der Waals surface area (Å²) >= 11 is 0. The maximum absolute atomic E-state index is 15.2. The highest BCUT2D eigenvalue weighted by Gasteiger charge is 2.25. The Morgan fingerprint density at radius 2 is 0.382 bits per heavy atom. The number of esters is 6. The summed E-state index contributed by atoms with van der Waals surface area (Å²) in [6, 6.07) is 17.6. The molecule has 5 rings (SSSR count). The van der Waals surface area contributed by atoms with Gasteiger partial charge in [0.1, 0.15) is 26.4 Å². The molecular weight excluding hydrogens is 1720 g/mol. The third-order valence-electron chi connectivity index (χ3n) is 22.2. The van der Waals surface area contributed by atoms with Gasteiger partial charge in [-0.3, -0.25) is 19.2 Å². The third kappa shape index (κ3) is 47.1. The molecular formula is C112H154N4O20. The highest BCUT2D eigenvalue weighted by atomic mass is 16.6. The summed E-state index contributed by atoms with van der Waals surface area (Å²) in [5, 5.41) is 11.8. The third-order valence-corrected chi connectivity index (χ3v) is 22.2. The molecule has 0 radical (unpaired) electrons. The van der Waals surface area contributed by atoms with E-state index >= 15 is 9.59 Å². The molecule has 0 aliphatic carbocycles. The van der Waals surface area contributed by atoms with Gasteiger partial charge in [-0.15, -0.1) is 0 Å². The number of carbonyl (C=O) groups excluding carboxylic acids is 10. The van der Waals surface area contributed by atoms with Gasteiger partial charge in [0.25, 0.3) is 0 Å². The van der Waals surface area contributed by atoms with Gasteiger partial charge in [-0.1, -0.05) is 309 Å². The second kappa shape index (κ2) is 72.3. The van der Waals surface area contributed by atoms with Crippen molar-refractivity contribution in [3.63, 3.8) is 0 Å². The summed E-state index contributed by atoms with van der Waals surface area (Å²) in [5.41, 5.74) is 0.805. The number of rotatable bonds is 68. The Balaban J connectivity index is 1.96. The normalized spacial score (nSPS) is 10.7. The zero-order valence-electron chi connectivity index (χ0n) is 83.3. The summed E-state index contributed by atoms with van der Waals surface area (Å²) < 4.78 is 58.9. The fourth-order valence-electron chi connectivity index (χ4n) is 14.2. The number of carbonyl (C=O) groups is 10. The Kier molecular flexibility index (Phi) is 61.3. The molecule has 4 N–H and O–H groups in total. The van der Waals surface area contributed by atoms with Crippen molar-refractivity contribution in [2.45, 2.75) is 326 Å². The minimum atomic E-state index is -0.846. The zero-order valence-corrected chi connectivity index (χ0v) is 83.3. The van der Waals surface area contributed by atoms with Gasteiger partial charge in [0.05, 0.1) is 118 Å². The summed E-state index contributed by atoms with van der Waals surface area (Å²) in [7, 11) is 0. The van der Waals surface area contributed by atoms with E-state index in [1.54, 1.807) is 0 Å². The molecule has 5 aromatic carbocycles. The first-order valence-corrected chi connectivity index (χ1v) is 50.7. The van der Waals surface area contributed by atoms with E-state index in [9.17, 15) is 38.4 Å². The van der Waals surface area contributed by atoms with Crippen molar-refractivity contribution in [3.8, 4) is 47.4 Å². The lowest BCUT2D eigenvalue weighted by Gasteiger charge is -2.15. The van der Waals surface area contributed by atoms with Gasteiger partial charge in [-0.25, -0.2) is 28.8 Å². The smallest absolute Gasteiger partial charge is 0.339 e. The van der Waals surface area contributed by atoms with E-state index in [-0.39, 0.29) is 167 Å². The molecule has 0 saturated carbocycles. The molecule has 0 aromatic heterocycles. The van der Waals surface area contributed by atoms with Gasteiger partial charge in [0.2, 0.25) is 23.6 Å². The molecule has 0 saturated heterocycles. The van der Waals surface area contributed by atoms with Crippen LogP contribution in [0.25, 0.3) is 0 Å². The molecule has 0 bridgehead atoms. The standard InChI is InChI=1S/C112H154N4O20/c1-11-21-31-41-63-127-81-103(117)113-99-79-91(101(115-105(119)83-129-65-43-33-23-13-3)77-89(99)55-51-85-73-93(107(121)131-67-45-35-25-15-5)59-61-95(85)109(123)133-69-47-37-27-17-7)57-53-87-75-98(112(126)136-72-50-40-30-20-10)88(76-97(87)111(125)135-71-49-39-29-19-9)54-58-92-80-100(114-104(118)82-128-64-42-32-22-12-2)90(78-102(92)116-106(120)84-130-66-44-34-24-14-4)56-52-86-74-94(108(122)132-68-46-36-26-16-6)60-62-96(86)110(124)134-70-48-38-28-18-8/h59-62,73-80H,11-50,63-72,81-84H2,1-10H3,(H,113,117)(H,114,118)(H,115,119)(H,116,120). The fourth-order valence-corrected chi connectivity index (χ4v) is 14.2. The van der Waals surface area contributed by atoms with Crippen LogP contribution in [0.4, 0.5) is 22.7 Å². The molecule has 24 heteroatoms. The van der Waals surface area contributed by atoms with E-state index in [1.165, 1.54) is 72.8 Å². The van der Waals surface area contributed by atoms with Gasteiger partial charge in [-0.05, 0) is 137 Å². The van der Waals surface area contributed by atoms with E-state index in [0.717, 1.165) is 193 Å². The van der Waals surface area contributed by atoms with Crippen molar-refractivity contribution in [1.82, 2.24) is 0 Å². The Morgan fingerprint density at radius 1 is 0.199 bits per heavy atom. The van der Waals surface area contributed by atoms with Crippen LogP contribution >= 0.6 is 0 Å². The van der Waals surface area contributed by atoms with Crippen LogP contribution in [-0.4, -0.2) is 152 Å². The van der Waals surface area contributed by atoms with Crippen molar-refractivity contribution in [2.24, 2.45) is 0 Å². The Labute approximate surface area is 811 Å². The monoisotopic (exact) mass is 1880 g/mol. The Hall–Kier alpha value is -11.1. The summed E-state index contributed by atoms with van der Waals surface area (Å²) in [6.07, 6.45) is 34.1. The first kappa shape index (κ1) is 115. The van der Waals surface area contributed by atoms with Crippen molar-refractivity contribution >= 4 is 82.2 Å².